The van der Waals surface area contributed by atoms with Gasteiger partial charge in [0, 0.05) is 12.1 Å². The molecule has 1 saturated carbocycles. The fourth-order valence-corrected chi connectivity index (χ4v) is 3.53. The van der Waals surface area contributed by atoms with Crippen molar-refractivity contribution in [2.24, 2.45) is 5.92 Å². The standard InChI is InChI=1S/C22H29N3O3/c1-14-4-6-18(7-5-14)13-25-16(3)19(15(2)24-25)10-11-21(26)23-20(22(27)28)12-17-8-9-17/h4-7,17,20H,8-13H2,1-3H3,(H,23,26)(H,27,28). The third kappa shape index (κ3) is 5.21. The molecule has 0 radical (unpaired) electrons. The zero-order valence-corrected chi connectivity index (χ0v) is 16.9. The first kappa shape index (κ1) is 20.1. The molecule has 1 atom stereocenters. The Kier molecular flexibility index (Phi) is 6.17. The number of carbonyl (C=O) groups excluding carboxylic acids is 1. The van der Waals surface area contributed by atoms with Gasteiger partial charge in [0.2, 0.25) is 5.91 Å². The van der Waals surface area contributed by atoms with Gasteiger partial charge in [-0.15, -0.1) is 0 Å². The van der Waals surface area contributed by atoms with Gasteiger partial charge in [0.15, 0.2) is 0 Å². The van der Waals surface area contributed by atoms with Gasteiger partial charge in [0.25, 0.3) is 0 Å². The number of aliphatic carboxylic acids is 1. The number of nitrogens with one attached hydrogen (secondary N) is 1. The van der Waals surface area contributed by atoms with Crippen LogP contribution < -0.4 is 5.32 Å². The third-order valence-electron chi connectivity index (χ3n) is 5.49. The number of carboxylic acid groups (broad SMARTS) is 1. The number of carboxylic acids is 1. The van der Waals surface area contributed by atoms with E-state index in [9.17, 15) is 14.7 Å². The average Bonchev–Trinajstić information content (AvgIpc) is 3.42. The van der Waals surface area contributed by atoms with Gasteiger partial charge >= 0.3 is 5.97 Å². The Bertz CT molecular complexity index is 851. The monoisotopic (exact) mass is 383 g/mol. The van der Waals surface area contributed by atoms with Crippen molar-refractivity contribution in [2.75, 3.05) is 0 Å². The molecule has 1 aliphatic carbocycles. The first-order valence-corrected chi connectivity index (χ1v) is 9.94. The second-order valence-corrected chi connectivity index (χ2v) is 7.93. The number of hydrogen-bond donors (Lipinski definition) is 2. The molecule has 150 valence electrons. The highest BCUT2D eigenvalue weighted by molar-refractivity contribution is 5.83. The van der Waals surface area contributed by atoms with E-state index in [0.29, 0.717) is 25.3 Å². The highest BCUT2D eigenvalue weighted by atomic mass is 16.4. The van der Waals surface area contributed by atoms with Gasteiger partial charge in [0.1, 0.15) is 6.04 Å². The van der Waals surface area contributed by atoms with Crippen LogP contribution in [0.25, 0.3) is 0 Å². The van der Waals surface area contributed by atoms with Crippen molar-refractivity contribution in [3.8, 4) is 0 Å². The predicted octanol–water partition coefficient (Wildman–Crippen LogP) is 3.16. The van der Waals surface area contributed by atoms with Crippen molar-refractivity contribution in [3.05, 3.63) is 52.3 Å². The van der Waals surface area contributed by atoms with Crippen LogP contribution in [-0.2, 0) is 22.6 Å². The molecule has 6 nitrogen and oxygen atoms in total. The Morgan fingerprint density at radius 1 is 1.21 bits per heavy atom. The van der Waals surface area contributed by atoms with Crippen molar-refractivity contribution in [1.82, 2.24) is 15.1 Å². The number of hydrogen-bond acceptors (Lipinski definition) is 3. The molecule has 3 rings (SSSR count). The average molecular weight is 383 g/mol. The zero-order chi connectivity index (χ0) is 20.3. The SMILES string of the molecule is Cc1ccc(Cn2nc(C)c(CCC(=O)NC(CC3CC3)C(=O)O)c2C)cc1. The van der Waals surface area contributed by atoms with Crippen LogP contribution in [0.15, 0.2) is 24.3 Å². The van der Waals surface area contributed by atoms with Crippen molar-refractivity contribution in [1.29, 1.82) is 0 Å². The maximum Gasteiger partial charge on any atom is 0.326 e. The molecule has 1 heterocycles. The van der Waals surface area contributed by atoms with E-state index in [1.807, 2.05) is 18.5 Å². The predicted molar refractivity (Wildman–Crippen MR) is 107 cm³/mol. The highest BCUT2D eigenvalue weighted by Gasteiger charge is 2.30. The maximum atomic E-state index is 12.3. The quantitative estimate of drug-likeness (QED) is 0.697. The largest absolute Gasteiger partial charge is 0.480 e. The lowest BCUT2D eigenvalue weighted by Gasteiger charge is -2.14. The summed E-state index contributed by atoms with van der Waals surface area (Å²) in [5, 5.41) is 16.6. The normalized spacial score (nSPS) is 14.7. The van der Waals surface area contributed by atoms with E-state index >= 15 is 0 Å². The summed E-state index contributed by atoms with van der Waals surface area (Å²) in [6.45, 7) is 6.74. The van der Waals surface area contributed by atoms with Gasteiger partial charge in [0.05, 0.1) is 12.2 Å². The minimum Gasteiger partial charge on any atom is -0.480 e. The van der Waals surface area contributed by atoms with Gasteiger partial charge in [-0.1, -0.05) is 42.7 Å². The first-order valence-electron chi connectivity index (χ1n) is 9.94. The van der Waals surface area contributed by atoms with Crippen LogP contribution in [-0.4, -0.2) is 32.8 Å². The van der Waals surface area contributed by atoms with E-state index < -0.39 is 12.0 Å². The van der Waals surface area contributed by atoms with Crippen LogP contribution >= 0.6 is 0 Å². The second-order valence-electron chi connectivity index (χ2n) is 7.93. The summed E-state index contributed by atoms with van der Waals surface area (Å²) >= 11 is 0. The second kappa shape index (κ2) is 8.59. The summed E-state index contributed by atoms with van der Waals surface area (Å²) in [7, 11) is 0. The van der Waals surface area contributed by atoms with Gasteiger partial charge < -0.3 is 10.4 Å². The van der Waals surface area contributed by atoms with Gasteiger partial charge in [-0.25, -0.2) is 4.79 Å². The number of aryl methyl sites for hydroxylation is 2. The molecular formula is C22H29N3O3. The molecule has 28 heavy (non-hydrogen) atoms. The smallest absolute Gasteiger partial charge is 0.326 e. The van der Waals surface area contributed by atoms with Crippen molar-refractivity contribution in [2.45, 2.75) is 65.5 Å². The molecule has 1 amide bonds. The van der Waals surface area contributed by atoms with Crippen LogP contribution in [0, 0.1) is 26.7 Å². The molecule has 1 aromatic carbocycles. The zero-order valence-electron chi connectivity index (χ0n) is 16.9. The van der Waals surface area contributed by atoms with Crippen LogP contribution in [0.4, 0.5) is 0 Å². The van der Waals surface area contributed by atoms with Gasteiger partial charge in [-0.2, -0.15) is 5.10 Å². The highest BCUT2D eigenvalue weighted by Crippen LogP contribution is 2.33. The molecule has 2 aromatic rings. The van der Waals surface area contributed by atoms with Crippen LogP contribution in [0.5, 0.6) is 0 Å². The Morgan fingerprint density at radius 3 is 2.50 bits per heavy atom. The van der Waals surface area contributed by atoms with E-state index in [-0.39, 0.29) is 12.3 Å². The lowest BCUT2D eigenvalue weighted by Crippen LogP contribution is -2.41. The van der Waals surface area contributed by atoms with E-state index in [4.69, 9.17) is 0 Å². The summed E-state index contributed by atoms with van der Waals surface area (Å²) in [5.74, 6) is -0.706. The number of carbonyl (C=O) groups is 2. The molecule has 6 heteroatoms. The fourth-order valence-electron chi connectivity index (χ4n) is 3.53. The topological polar surface area (TPSA) is 84.2 Å². The lowest BCUT2D eigenvalue weighted by molar-refractivity contribution is -0.142. The summed E-state index contributed by atoms with van der Waals surface area (Å²) in [6, 6.07) is 7.61. The first-order chi connectivity index (χ1) is 13.3. The number of nitrogens with zero attached hydrogens (tertiary/aromatic N) is 2. The molecule has 0 bridgehead atoms. The van der Waals surface area contributed by atoms with Crippen LogP contribution in [0.3, 0.4) is 0 Å². The molecule has 2 N–H and O–H groups in total. The Labute approximate surface area is 166 Å². The van der Waals surface area contributed by atoms with E-state index in [0.717, 1.165) is 29.8 Å². The summed E-state index contributed by atoms with van der Waals surface area (Å²) < 4.78 is 1.97. The lowest BCUT2D eigenvalue weighted by atomic mass is 10.1. The number of amides is 1. The van der Waals surface area contributed by atoms with Crippen molar-refractivity contribution < 1.29 is 14.7 Å². The molecular weight excluding hydrogens is 354 g/mol. The van der Waals surface area contributed by atoms with Gasteiger partial charge in [-0.3, -0.25) is 9.48 Å². The third-order valence-corrected chi connectivity index (χ3v) is 5.49. The van der Waals surface area contributed by atoms with E-state index in [1.54, 1.807) is 0 Å². The molecule has 0 saturated heterocycles. The molecule has 1 fully saturated rings. The Balaban J connectivity index is 1.59. The summed E-state index contributed by atoms with van der Waals surface area (Å²) in [5.41, 5.74) is 5.45. The minimum absolute atomic E-state index is 0.210. The van der Waals surface area contributed by atoms with Crippen LogP contribution in [0.2, 0.25) is 0 Å². The molecule has 1 aromatic heterocycles. The van der Waals surface area contributed by atoms with E-state index in [1.165, 1.54) is 11.1 Å². The summed E-state index contributed by atoms with van der Waals surface area (Å²) in [6.07, 6.45) is 3.50. The van der Waals surface area contributed by atoms with Crippen molar-refractivity contribution in [3.63, 3.8) is 0 Å². The number of aromatic nitrogens is 2. The Hall–Kier alpha value is -2.63. The van der Waals surface area contributed by atoms with Crippen molar-refractivity contribution >= 4 is 11.9 Å². The summed E-state index contributed by atoms with van der Waals surface area (Å²) in [4.78, 5) is 23.6. The van der Waals surface area contributed by atoms with Crippen LogP contribution in [0.1, 0.15) is 53.8 Å². The maximum absolute atomic E-state index is 12.3. The fraction of sp³-hybridized carbons (Fsp3) is 0.500. The van der Waals surface area contributed by atoms with Gasteiger partial charge in [-0.05, 0) is 50.7 Å². The molecule has 1 aliphatic rings. The molecule has 1 unspecified atom stereocenters. The number of rotatable bonds is 9. The Morgan fingerprint density at radius 2 is 1.89 bits per heavy atom. The molecule has 0 spiro atoms. The minimum atomic E-state index is -0.946. The molecule has 0 aliphatic heterocycles. The number of benzene rings is 1. The van der Waals surface area contributed by atoms with E-state index in [2.05, 4.69) is 41.6 Å².